The van der Waals surface area contributed by atoms with E-state index in [4.69, 9.17) is 9.47 Å². The Hall–Kier alpha value is -1.45. The van der Waals surface area contributed by atoms with Crippen LogP contribution in [0.15, 0.2) is 0 Å². The summed E-state index contributed by atoms with van der Waals surface area (Å²) in [5.41, 5.74) is 0. The molecule has 5 N–H and O–H groups in total. The molecule has 5 aliphatic heterocycles. The van der Waals surface area contributed by atoms with Gasteiger partial charge in [-0.2, -0.15) is 0 Å². The zero-order valence-electron chi connectivity index (χ0n) is 30.2. The van der Waals surface area contributed by atoms with Gasteiger partial charge in [0.05, 0.1) is 44.0 Å². The first-order valence-electron chi connectivity index (χ1n) is 19.4. The molecule has 5 heterocycles. The number of amides is 2. The minimum atomic E-state index is -0.929. The van der Waals surface area contributed by atoms with Gasteiger partial charge in [-0.25, -0.2) is 4.39 Å². The molecule has 13 heteroatoms. The van der Waals surface area contributed by atoms with Crippen molar-refractivity contribution in [2.45, 2.75) is 127 Å². The van der Waals surface area contributed by atoms with Gasteiger partial charge in [0.25, 0.3) is 0 Å². The molecule has 280 valence electrons. The van der Waals surface area contributed by atoms with E-state index >= 15 is 4.39 Å². The molecule has 0 bridgehead atoms. The summed E-state index contributed by atoms with van der Waals surface area (Å²) in [4.78, 5) is 32.0. The number of halogens is 1. The number of nitrogens with zero attached hydrogens (tertiary/aromatic N) is 3. The number of piperidine rings is 4. The molecule has 0 aromatic carbocycles. The highest BCUT2D eigenvalue weighted by Gasteiger charge is 2.46. The Bertz CT molecular complexity index is 1080. The lowest BCUT2D eigenvalue weighted by atomic mass is 9.67. The predicted octanol–water partition coefficient (Wildman–Crippen LogP) is 1.24. The van der Waals surface area contributed by atoms with Gasteiger partial charge in [0, 0.05) is 70.0 Å². The van der Waals surface area contributed by atoms with Gasteiger partial charge >= 0.3 is 0 Å². The quantitative estimate of drug-likeness (QED) is 0.216. The number of aliphatic hydroxyl groups excluding tert-OH is 1. The largest absolute Gasteiger partial charge is 0.390 e. The van der Waals surface area contributed by atoms with Crippen molar-refractivity contribution in [1.82, 2.24) is 36.0 Å². The van der Waals surface area contributed by atoms with Crippen LogP contribution in [0.2, 0.25) is 0 Å². The van der Waals surface area contributed by atoms with Gasteiger partial charge in [-0.1, -0.05) is 13.3 Å². The number of hydrogen-bond acceptors (Lipinski definition) is 10. The number of carbonyl (C=O) groups excluding carboxylic acids is 2. The van der Waals surface area contributed by atoms with Crippen LogP contribution in [-0.2, 0) is 19.1 Å². The van der Waals surface area contributed by atoms with Gasteiger partial charge in [0.1, 0.15) is 6.17 Å². The summed E-state index contributed by atoms with van der Waals surface area (Å²) in [6, 6.07) is 0.552. The molecular formula is C36H64FN7O5. The fourth-order valence-electron chi connectivity index (χ4n) is 9.56. The van der Waals surface area contributed by atoms with Crippen LogP contribution in [-0.4, -0.2) is 146 Å². The Morgan fingerprint density at radius 3 is 2.51 bits per heavy atom. The average Bonchev–Trinajstić information content (AvgIpc) is 3.52. The minimum absolute atomic E-state index is 0.00335. The van der Waals surface area contributed by atoms with Crippen molar-refractivity contribution in [3.8, 4) is 0 Å². The normalized spacial score (nSPS) is 39.0. The number of aliphatic hydroxyl groups is 1. The highest BCUT2D eigenvalue weighted by Crippen LogP contribution is 2.43. The Labute approximate surface area is 292 Å². The van der Waals surface area contributed by atoms with Crippen LogP contribution in [0.1, 0.15) is 78.6 Å². The molecule has 6 fully saturated rings. The number of likely N-dealkylation sites (tertiary alicyclic amines) is 3. The summed E-state index contributed by atoms with van der Waals surface area (Å²) < 4.78 is 27.5. The Morgan fingerprint density at radius 2 is 1.80 bits per heavy atom. The Kier molecular flexibility index (Phi) is 13.2. The van der Waals surface area contributed by atoms with Crippen molar-refractivity contribution >= 4 is 11.8 Å². The first kappa shape index (κ1) is 37.3. The highest BCUT2D eigenvalue weighted by atomic mass is 19.1. The lowest BCUT2D eigenvalue weighted by Gasteiger charge is -2.49. The van der Waals surface area contributed by atoms with Gasteiger partial charge in [0.2, 0.25) is 11.8 Å². The molecule has 11 atom stereocenters. The molecular weight excluding hydrogens is 629 g/mol. The number of hydrogen-bond donors (Lipinski definition) is 5. The van der Waals surface area contributed by atoms with Crippen molar-refractivity contribution in [1.29, 1.82) is 0 Å². The Morgan fingerprint density at radius 1 is 1.02 bits per heavy atom. The van der Waals surface area contributed by atoms with E-state index in [0.29, 0.717) is 45.3 Å². The fourth-order valence-corrected chi connectivity index (χ4v) is 9.56. The lowest BCUT2D eigenvalue weighted by molar-refractivity contribution is -0.130. The van der Waals surface area contributed by atoms with Crippen LogP contribution in [0, 0.1) is 23.7 Å². The van der Waals surface area contributed by atoms with Crippen LogP contribution in [0.5, 0.6) is 0 Å². The highest BCUT2D eigenvalue weighted by molar-refractivity contribution is 5.78. The van der Waals surface area contributed by atoms with Crippen molar-refractivity contribution in [3.05, 3.63) is 0 Å². The Balaban J connectivity index is 0.958. The van der Waals surface area contributed by atoms with Crippen molar-refractivity contribution in [2.24, 2.45) is 23.7 Å². The first-order valence-corrected chi connectivity index (χ1v) is 19.4. The van der Waals surface area contributed by atoms with Crippen LogP contribution in [0.4, 0.5) is 4.39 Å². The molecule has 6 rings (SSSR count). The third-order valence-electron chi connectivity index (χ3n) is 12.7. The molecule has 5 saturated heterocycles. The number of alkyl halides is 1. The van der Waals surface area contributed by atoms with Crippen LogP contribution in [0.3, 0.4) is 0 Å². The van der Waals surface area contributed by atoms with E-state index in [1.807, 2.05) is 4.90 Å². The molecule has 10 unspecified atom stereocenters. The van der Waals surface area contributed by atoms with E-state index in [1.54, 1.807) is 6.92 Å². The number of rotatable bonds is 11. The number of fused-ring (bicyclic) bond motifs is 1. The van der Waals surface area contributed by atoms with Gasteiger partial charge in [0.15, 0.2) is 0 Å². The molecule has 1 aliphatic carbocycles. The SMILES string of the molecule is CC(=O)N1CCC(NC2CC(C(=O)NC[C@@H](O)CN3CCC4C(C)C(OCC5OCNC5C)CC(F)C4C3)CC(N3CCCCC3)N2)CC1. The molecule has 1 saturated carbocycles. The predicted molar refractivity (Wildman–Crippen MR) is 185 cm³/mol. The average molecular weight is 694 g/mol. The summed E-state index contributed by atoms with van der Waals surface area (Å²) in [5, 5.41) is 25.0. The molecule has 0 aromatic heterocycles. The van der Waals surface area contributed by atoms with Crippen molar-refractivity contribution < 1.29 is 28.6 Å². The maximum atomic E-state index is 15.6. The third-order valence-corrected chi connectivity index (χ3v) is 12.7. The first-order chi connectivity index (χ1) is 23.6. The topological polar surface area (TPSA) is 131 Å². The summed E-state index contributed by atoms with van der Waals surface area (Å²) in [5.74, 6) is 0.460. The molecule has 6 aliphatic rings. The van der Waals surface area contributed by atoms with Gasteiger partial charge in [-0.3, -0.25) is 30.4 Å². The van der Waals surface area contributed by atoms with E-state index in [9.17, 15) is 14.7 Å². The minimum Gasteiger partial charge on any atom is -0.390 e. The second kappa shape index (κ2) is 17.4. The summed E-state index contributed by atoms with van der Waals surface area (Å²) in [7, 11) is 0. The second-order valence-electron chi connectivity index (χ2n) is 16.0. The molecule has 0 radical (unpaired) electrons. The number of carbonyl (C=O) groups is 2. The molecule has 0 spiro atoms. The fraction of sp³-hybridized carbons (Fsp3) is 0.944. The van der Waals surface area contributed by atoms with E-state index < -0.39 is 12.3 Å². The molecule has 49 heavy (non-hydrogen) atoms. The standard InChI is InChI=1S/C36H64FN7O5/c1-23-29-9-12-42(20-30(29)31(37)17-32(23)48-21-33-24(2)39-22-49-33)19-28(46)18-38-36(47)26-15-34(40-27-7-13-43(14-8-27)25(3)45)41-35(16-26)44-10-5-4-6-11-44/h23-24,26-35,39-41,46H,4-22H2,1-3H3,(H,38,47)/t23?,24?,26?,28-,29?,30?,31?,32?,33?,34?,35?/m1/s1. The zero-order valence-corrected chi connectivity index (χ0v) is 30.2. The van der Waals surface area contributed by atoms with E-state index in [2.05, 4.69) is 44.9 Å². The lowest BCUT2D eigenvalue weighted by Crippen LogP contribution is -2.63. The summed E-state index contributed by atoms with van der Waals surface area (Å²) in [6.45, 7) is 12.7. The maximum Gasteiger partial charge on any atom is 0.223 e. The van der Waals surface area contributed by atoms with Gasteiger partial charge in [-0.15, -0.1) is 0 Å². The van der Waals surface area contributed by atoms with Crippen LogP contribution < -0.4 is 21.3 Å². The summed E-state index contributed by atoms with van der Waals surface area (Å²) >= 11 is 0. The van der Waals surface area contributed by atoms with Crippen LogP contribution >= 0.6 is 0 Å². The maximum absolute atomic E-state index is 15.6. The molecule has 2 amide bonds. The van der Waals surface area contributed by atoms with Crippen LogP contribution in [0.25, 0.3) is 0 Å². The zero-order chi connectivity index (χ0) is 34.5. The van der Waals surface area contributed by atoms with Crippen molar-refractivity contribution in [3.63, 3.8) is 0 Å². The van der Waals surface area contributed by atoms with Gasteiger partial charge in [-0.05, 0) is 83.3 Å². The molecule has 0 aromatic rings. The molecule has 12 nitrogen and oxygen atoms in total. The smallest absolute Gasteiger partial charge is 0.223 e. The van der Waals surface area contributed by atoms with E-state index in [1.165, 1.54) is 19.3 Å². The van der Waals surface area contributed by atoms with Gasteiger partial charge < -0.3 is 29.7 Å². The number of β-amino-alcohol motifs (C(OH)–C–C–N with tert-alkyl or cyclic N) is 1. The van der Waals surface area contributed by atoms with E-state index in [0.717, 1.165) is 58.4 Å². The van der Waals surface area contributed by atoms with E-state index in [-0.39, 0.29) is 72.6 Å². The monoisotopic (exact) mass is 693 g/mol. The van der Waals surface area contributed by atoms with Crippen molar-refractivity contribution in [2.75, 3.05) is 65.7 Å². The third kappa shape index (κ3) is 9.71. The summed E-state index contributed by atoms with van der Waals surface area (Å²) in [6.07, 6.45) is 6.63. The number of ether oxygens (including phenoxy) is 2. The number of nitrogens with one attached hydrogen (secondary N) is 4. The second-order valence-corrected chi connectivity index (χ2v) is 16.0.